The molecule has 0 unspecified atom stereocenters. The van der Waals surface area contributed by atoms with Crippen LogP contribution in [0.25, 0.3) is 0 Å². The molecule has 0 aliphatic carbocycles. The van der Waals surface area contributed by atoms with Crippen molar-refractivity contribution in [3.05, 3.63) is 59.2 Å². The van der Waals surface area contributed by atoms with E-state index in [9.17, 15) is 14.4 Å². The number of benzene rings is 2. The monoisotopic (exact) mass is 411 g/mol. The quantitative estimate of drug-likeness (QED) is 0.587. The van der Waals surface area contributed by atoms with E-state index < -0.39 is 0 Å². The minimum absolute atomic E-state index is 0.0217. The Hall–Kier alpha value is -3.03. The van der Waals surface area contributed by atoms with Crippen LogP contribution in [0.4, 0.5) is 11.4 Å². The fourth-order valence-corrected chi connectivity index (χ4v) is 2.93. The Bertz CT molecular complexity index is 911. The second kappa shape index (κ2) is 11.2. The number of ether oxygens (including phenoxy) is 1. The van der Waals surface area contributed by atoms with Gasteiger partial charge >= 0.3 is 0 Å². The van der Waals surface area contributed by atoms with E-state index in [1.165, 1.54) is 6.92 Å². The molecular formula is C23H29N3O4. The van der Waals surface area contributed by atoms with E-state index in [0.717, 1.165) is 16.8 Å². The van der Waals surface area contributed by atoms with Crippen molar-refractivity contribution in [2.24, 2.45) is 0 Å². The summed E-state index contributed by atoms with van der Waals surface area (Å²) in [5.74, 6) is -0.548. The third-order valence-corrected chi connectivity index (χ3v) is 4.78. The average Bonchev–Trinajstić information content (AvgIpc) is 2.69. The number of carbonyl (C=O) groups excluding carboxylic acids is 3. The summed E-state index contributed by atoms with van der Waals surface area (Å²) in [4.78, 5) is 38.3. The Morgan fingerprint density at radius 3 is 2.30 bits per heavy atom. The molecule has 2 amide bonds. The molecule has 30 heavy (non-hydrogen) atoms. The van der Waals surface area contributed by atoms with Gasteiger partial charge < -0.3 is 15.4 Å². The van der Waals surface area contributed by atoms with Crippen molar-refractivity contribution in [2.75, 3.05) is 44.0 Å². The minimum Gasteiger partial charge on any atom is -0.383 e. The molecule has 0 spiro atoms. The first-order valence-corrected chi connectivity index (χ1v) is 9.78. The van der Waals surface area contributed by atoms with Gasteiger partial charge in [-0.15, -0.1) is 0 Å². The summed E-state index contributed by atoms with van der Waals surface area (Å²) in [6.45, 7) is 6.31. The van der Waals surface area contributed by atoms with Gasteiger partial charge in [-0.25, -0.2) is 0 Å². The number of nitrogens with zero attached hydrogens (tertiary/aromatic N) is 1. The first kappa shape index (κ1) is 23.3. The first-order valence-electron chi connectivity index (χ1n) is 9.78. The molecule has 0 aliphatic rings. The molecule has 0 fully saturated rings. The van der Waals surface area contributed by atoms with Gasteiger partial charge in [0.1, 0.15) is 0 Å². The summed E-state index contributed by atoms with van der Waals surface area (Å²) in [5.41, 5.74) is 3.93. The predicted octanol–water partition coefficient (Wildman–Crippen LogP) is 3.03. The normalized spacial score (nSPS) is 10.7. The zero-order valence-corrected chi connectivity index (χ0v) is 18.0. The molecule has 0 bridgehead atoms. The fraction of sp³-hybridized carbons (Fsp3) is 0.348. The van der Waals surface area contributed by atoms with Crippen molar-refractivity contribution in [3.63, 3.8) is 0 Å². The van der Waals surface area contributed by atoms with E-state index >= 15 is 0 Å². The lowest BCUT2D eigenvalue weighted by Crippen LogP contribution is -2.40. The Morgan fingerprint density at radius 2 is 1.63 bits per heavy atom. The number of aryl methyl sites for hydroxylation is 1. The topological polar surface area (TPSA) is 87.7 Å². The molecular weight excluding hydrogens is 382 g/mol. The van der Waals surface area contributed by atoms with Gasteiger partial charge in [0.15, 0.2) is 5.78 Å². The molecule has 0 saturated carbocycles. The number of nitrogens with one attached hydrogen (secondary N) is 2. The molecule has 0 aliphatic heterocycles. The lowest BCUT2D eigenvalue weighted by atomic mass is 10.1. The average molecular weight is 412 g/mol. The molecule has 0 heterocycles. The highest BCUT2D eigenvalue weighted by Crippen LogP contribution is 2.18. The van der Waals surface area contributed by atoms with Gasteiger partial charge in [-0.3, -0.25) is 19.3 Å². The minimum atomic E-state index is -0.272. The number of carbonyl (C=O) groups is 3. The summed E-state index contributed by atoms with van der Waals surface area (Å²) in [7, 11) is 1.57. The highest BCUT2D eigenvalue weighted by atomic mass is 16.5. The number of ketones is 1. The Labute approximate surface area is 177 Å². The van der Waals surface area contributed by atoms with Crippen LogP contribution in [0.5, 0.6) is 0 Å². The van der Waals surface area contributed by atoms with Gasteiger partial charge in [-0.2, -0.15) is 0 Å². The molecule has 2 rings (SSSR count). The molecule has 0 aromatic heterocycles. The number of hydrogen-bond acceptors (Lipinski definition) is 5. The van der Waals surface area contributed by atoms with Crippen molar-refractivity contribution >= 4 is 29.0 Å². The maximum atomic E-state index is 12.5. The van der Waals surface area contributed by atoms with Crippen LogP contribution in [-0.2, 0) is 14.3 Å². The van der Waals surface area contributed by atoms with Crippen LogP contribution in [0.1, 0.15) is 28.4 Å². The van der Waals surface area contributed by atoms with Gasteiger partial charge in [0.2, 0.25) is 11.8 Å². The summed E-state index contributed by atoms with van der Waals surface area (Å²) in [5, 5.41) is 5.69. The van der Waals surface area contributed by atoms with Gasteiger partial charge in [0, 0.05) is 30.6 Å². The van der Waals surface area contributed by atoms with Crippen LogP contribution in [0.3, 0.4) is 0 Å². The van der Waals surface area contributed by atoms with E-state index in [-0.39, 0.29) is 30.7 Å². The summed E-state index contributed by atoms with van der Waals surface area (Å²) in [6, 6.07) is 12.5. The van der Waals surface area contributed by atoms with Crippen molar-refractivity contribution in [2.45, 2.75) is 20.8 Å². The van der Waals surface area contributed by atoms with E-state index in [1.54, 1.807) is 36.3 Å². The Morgan fingerprint density at radius 1 is 0.967 bits per heavy atom. The van der Waals surface area contributed by atoms with Gasteiger partial charge in [-0.1, -0.05) is 24.3 Å². The largest absolute Gasteiger partial charge is 0.383 e. The van der Waals surface area contributed by atoms with Crippen molar-refractivity contribution in [1.82, 2.24) is 4.90 Å². The van der Waals surface area contributed by atoms with Crippen LogP contribution in [0.15, 0.2) is 42.5 Å². The lowest BCUT2D eigenvalue weighted by molar-refractivity contribution is -0.120. The maximum Gasteiger partial charge on any atom is 0.238 e. The van der Waals surface area contributed by atoms with Crippen LogP contribution in [-0.4, -0.2) is 55.8 Å². The number of anilines is 2. The lowest BCUT2D eigenvalue weighted by Gasteiger charge is -2.21. The molecule has 2 aromatic rings. The van der Waals surface area contributed by atoms with E-state index in [1.807, 2.05) is 32.0 Å². The highest BCUT2D eigenvalue weighted by Gasteiger charge is 2.16. The number of amides is 2. The number of hydrogen-bond donors (Lipinski definition) is 2. The van der Waals surface area contributed by atoms with Crippen LogP contribution < -0.4 is 10.6 Å². The fourth-order valence-electron chi connectivity index (χ4n) is 2.93. The molecule has 0 atom stereocenters. The Kier molecular flexibility index (Phi) is 8.70. The van der Waals surface area contributed by atoms with Crippen LogP contribution >= 0.6 is 0 Å². The van der Waals surface area contributed by atoms with Gasteiger partial charge in [0.05, 0.1) is 19.7 Å². The predicted molar refractivity (Wildman–Crippen MR) is 118 cm³/mol. The van der Waals surface area contributed by atoms with Crippen LogP contribution in [0.2, 0.25) is 0 Å². The first-order chi connectivity index (χ1) is 14.3. The molecule has 2 N–H and O–H groups in total. The molecule has 0 radical (unpaired) electrons. The number of rotatable bonds is 10. The van der Waals surface area contributed by atoms with Gasteiger partial charge in [0.25, 0.3) is 0 Å². The molecule has 7 nitrogen and oxygen atoms in total. The molecule has 0 saturated heterocycles. The summed E-state index contributed by atoms with van der Waals surface area (Å²) < 4.78 is 5.11. The summed E-state index contributed by atoms with van der Waals surface area (Å²) in [6.07, 6.45) is 0. The maximum absolute atomic E-state index is 12.5. The zero-order valence-electron chi connectivity index (χ0n) is 18.0. The van der Waals surface area contributed by atoms with E-state index in [2.05, 4.69) is 10.6 Å². The summed E-state index contributed by atoms with van der Waals surface area (Å²) >= 11 is 0. The molecule has 7 heteroatoms. The zero-order chi connectivity index (χ0) is 22.1. The third kappa shape index (κ3) is 7.09. The smallest absolute Gasteiger partial charge is 0.238 e. The standard InChI is InChI=1S/C23H29N3O4/c1-16-7-5-10-21(17(16)2)25-23(29)15-26(11-12-30-4)14-22(28)24-20-9-6-8-19(13-20)18(3)27/h5-10,13H,11-12,14-15H2,1-4H3,(H,24,28)(H,25,29). The molecule has 160 valence electrons. The second-order valence-corrected chi connectivity index (χ2v) is 7.18. The Balaban J connectivity index is 1.99. The number of methoxy groups -OCH3 is 1. The van der Waals surface area contributed by atoms with E-state index in [0.29, 0.717) is 24.4 Å². The highest BCUT2D eigenvalue weighted by molar-refractivity contribution is 5.98. The number of Topliss-reactive ketones (excluding diaryl/α,β-unsaturated/α-hetero) is 1. The van der Waals surface area contributed by atoms with Crippen molar-refractivity contribution in [1.29, 1.82) is 0 Å². The second-order valence-electron chi connectivity index (χ2n) is 7.18. The van der Waals surface area contributed by atoms with Crippen LogP contribution in [0, 0.1) is 13.8 Å². The van der Waals surface area contributed by atoms with Crippen molar-refractivity contribution in [3.8, 4) is 0 Å². The van der Waals surface area contributed by atoms with E-state index in [4.69, 9.17) is 4.74 Å². The van der Waals surface area contributed by atoms with Gasteiger partial charge in [-0.05, 0) is 50.1 Å². The van der Waals surface area contributed by atoms with Crippen molar-refractivity contribution < 1.29 is 19.1 Å². The molecule has 2 aromatic carbocycles. The SMILES string of the molecule is COCCN(CC(=O)Nc1cccc(C(C)=O)c1)CC(=O)Nc1cccc(C)c1C. The third-order valence-electron chi connectivity index (χ3n) is 4.78.